The molecule has 0 heterocycles. The van der Waals surface area contributed by atoms with E-state index < -0.39 is 29.4 Å². The fourth-order valence-corrected chi connectivity index (χ4v) is 3.72. The molecule has 0 aliphatic heterocycles. The first-order valence-corrected chi connectivity index (χ1v) is 8.10. The molecule has 2 N–H and O–H groups in total. The summed E-state index contributed by atoms with van der Waals surface area (Å²) >= 11 is 0. The monoisotopic (exact) mass is 368 g/mol. The van der Waals surface area contributed by atoms with Gasteiger partial charge in [0.25, 0.3) is 0 Å². The van der Waals surface area contributed by atoms with Gasteiger partial charge in [-0.3, -0.25) is 9.59 Å². The quantitative estimate of drug-likeness (QED) is 0.589. The van der Waals surface area contributed by atoms with Crippen LogP contribution in [0.3, 0.4) is 0 Å². The number of hydrogen-bond acceptors (Lipinski definition) is 8. The Kier molecular flexibility index (Phi) is 5.48. The van der Waals surface area contributed by atoms with Crippen LogP contribution < -0.4 is 14.2 Å². The van der Waals surface area contributed by atoms with Crippen molar-refractivity contribution in [2.45, 2.75) is 32.5 Å². The van der Waals surface area contributed by atoms with Crippen LogP contribution in [0.15, 0.2) is 0 Å². The molecule has 1 aromatic carbocycles. The maximum Gasteiger partial charge on any atom is 0.322 e. The number of methoxy groups -OCH3 is 4. The Labute approximate surface area is 151 Å². The first kappa shape index (κ1) is 20.0. The van der Waals surface area contributed by atoms with E-state index in [1.165, 1.54) is 21.3 Å². The predicted molar refractivity (Wildman–Crippen MR) is 90.9 cm³/mol. The van der Waals surface area contributed by atoms with Gasteiger partial charge in [-0.15, -0.1) is 0 Å². The highest BCUT2D eigenvalue weighted by Gasteiger charge is 2.60. The summed E-state index contributed by atoms with van der Waals surface area (Å²) in [6, 6.07) is 0. The highest BCUT2D eigenvalue weighted by atomic mass is 16.5. The van der Waals surface area contributed by atoms with Crippen LogP contribution in [-0.2, 0) is 9.53 Å². The van der Waals surface area contributed by atoms with Gasteiger partial charge in [0.15, 0.2) is 22.7 Å². The predicted octanol–water partition coefficient (Wildman–Crippen LogP) is 1.18. The van der Waals surface area contributed by atoms with Gasteiger partial charge in [-0.05, 0) is 13.3 Å². The molecule has 1 aliphatic rings. The van der Waals surface area contributed by atoms with Gasteiger partial charge < -0.3 is 29.2 Å². The summed E-state index contributed by atoms with van der Waals surface area (Å²) in [5, 5.41) is 21.5. The van der Waals surface area contributed by atoms with E-state index in [4.69, 9.17) is 18.9 Å². The number of aliphatic hydroxyl groups is 2. The van der Waals surface area contributed by atoms with Crippen molar-refractivity contribution in [3.63, 3.8) is 0 Å². The minimum atomic E-state index is -1.94. The molecule has 8 nitrogen and oxygen atoms in total. The smallest absolute Gasteiger partial charge is 0.322 e. The molecule has 0 saturated carbocycles. The first-order valence-electron chi connectivity index (χ1n) is 8.10. The van der Waals surface area contributed by atoms with Crippen molar-refractivity contribution >= 4 is 11.8 Å². The molecular formula is C18H24O8. The number of carbonyl (C=O) groups is 2. The number of aliphatic hydroxyl groups excluding tert-OH is 2. The number of benzene rings is 1. The van der Waals surface area contributed by atoms with E-state index in [-0.39, 0.29) is 34.8 Å². The van der Waals surface area contributed by atoms with Crippen LogP contribution in [0.1, 0.15) is 40.9 Å². The molecule has 1 aliphatic carbocycles. The first-order chi connectivity index (χ1) is 12.3. The maximum absolute atomic E-state index is 13.4. The molecule has 0 radical (unpaired) electrons. The molecule has 8 heteroatoms. The second-order valence-corrected chi connectivity index (χ2v) is 6.05. The fourth-order valence-electron chi connectivity index (χ4n) is 3.72. The van der Waals surface area contributed by atoms with E-state index in [9.17, 15) is 19.8 Å². The van der Waals surface area contributed by atoms with E-state index >= 15 is 0 Å². The highest BCUT2D eigenvalue weighted by molar-refractivity contribution is 6.17. The SMILES string of the molecule is CCC1(C(=O)OC)C(=O)c2c(OC)c(C)c(OC)c(OC)c2C(O)C1O. The molecule has 0 bridgehead atoms. The molecule has 0 saturated heterocycles. The topological polar surface area (TPSA) is 112 Å². The van der Waals surface area contributed by atoms with Crippen molar-refractivity contribution in [3.8, 4) is 17.2 Å². The fraction of sp³-hybridized carbons (Fsp3) is 0.556. The molecule has 0 amide bonds. The number of Topliss-reactive ketones (excluding diaryl/α,β-unsaturated/α-hetero) is 1. The molecule has 3 atom stereocenters. The normalized spacial score (nSPS) is 24.7. The lowest BCUT2D eigenvalue weighted by molar-refractivity contribution is -0.162. The van der Waals surface area contributed by atoms with Gasteiger partial charge in [0.05, 0.1) is 34.0 Å². The zero-order chi connectivity index (χ0) is 19.8. The van der Waals surface area contributed by atoms with Crippen LogP contribution in [0, 0.1) is 12.3 Å². The van der Waals surface area contributed by atoms with Crippen LogP contribution in [0.4, 0.5) is 0 Å². The number of ketones is 1. The summed E-state index contributed by atoms with van der Waals surface area (Å²) in [7, 11) is 5.26. The Morgan fingerprint density at radius 2 is 1.58 bits per heavy atom. The average Bonchev–Trinajstić information content (AvgIpc) is 2.65. The van der Waals surface area contributed by atoms with Crippen molar-refractivity contribution in [2.24, 2.45) is 5.41 Å². The van der Waals surface area contributed by atoms with Gasteiger partial charge >= 0.3 is 5.97 Å². The number of ether oxygens (including phenoxy) is 4. The van der Waals surface area contributed by atoms with Crippen LogP contribution in [0.25, 0.3) is 0 Å². The van der Waals surface area contributed by atoms with Crippen LogP contribution in [-0.4, -0.2) is 56.5 Å². The zero-order valence-electron chi connectivity index (χ0n) is 15.7. The summed E-state index contributed by atoms with van der Waals surface area (Å²) in [5.74, 6) is -1.09. The van der Waals surface area contributed by atoms with Crippen molar-refractivity contribution in [3.05, 3.63) is 16.7 Å². The van der Waals surface area contributed by atoms with Crippen molar-refractivity contribution in [1.82, 2.24) is 0 Å². The number of rotatable bonds is 5. The Morgan fingerprint density at radius 3 is 2.00 bits per heavy atom. The molecule has 0 fully saturated rings. The van der Waals surface area contributed by atoms with E-state index in [0.29, 0.717) is 5.56 Å². The largest absolute Gasteiger partial charge is 0.496 e. The molecular weight excluding hydrogens is 344 g/mol. The van der Waals surface area contributed by atoms with Crippen LogP contribution >= 0.6 is 0 Å². The van der Waals surface area contributed by atoms with Crippen LogP contribution in [0.5, 0.6) is 17.2 Å². The van der Waals surface area contributed by atoms with Gasteiger partial charge in [-0.25, -0.2) is 0 Å². The average molecular weight is 368 g/mol. The third-order valence-corrected chi connectivity index (χ3v) is 5.08. The van der Waals surface area contributed by atoms with Crippen molar-refractivity contribution in [1.29, 1.82) is 0 Å². The second-order valence-electron chi connectivity index (χ2n) is 6.05. The molecule has 0 aromatic heterocycles. The van der Waals surface area contributed by atoms with Crippen LogP contribution in [0.2, 0.25) is 0 Å². The second kappa shape index (κ2) is 7.13. The number of esters is 1. The lowest BCUT2D eigenvalue weighted by Gasteiger charge is -2.41. The molecule has 3 unspecified atom stereocenters. The minimum Gasteiger partial charge on any atom is -0.496 e. The highest BCUT2D eigenvalue weighted by Crippen LogP contribution is 2.54. The molecule has 2 rings (SSSR count). The third-order valence-electron chi connectivity index (χ3n) is 5.08. The van der Waals surface area contributed by atoms with Gasteiger partial charge in [0.2, 0.25) is 0 Å². The van der Waals surface area contributed by atoms with Gasteiger partial charge in [0, 0.05) is 11.1 Å². The standard InChI is InChI=1S/C18H24O8/c1-7-18(17(22)26-6)15(20)10-9(11(19)16(18)21)14(25-5)13(24-4)8(2)12(10)23-3/h11,16,19,21H,7H2,1-6H3. The van der Waals surface area contributed by atoms with Crippen molar-refractivity contribution < 1.29 is 38.7 Å². The zero-order valence-corrected chi connectivity index (χ0v) is 15.7. The Bertz CT molecular complexity index is 741. The van der Waals surface area contributed by atoms with E-state index in [2.05, 4.69) is 0 Å². The lowest BCUT2D eigenvalue weighted by Crippen LogP contribution is -2.55. The van der Waals surface area contributed by atoms with Crippen molar-refractivity contribution in [2.75, 3.05) is 28.4 Å². The summed E-state index contributed by atoms with van der Waals surface area (Å²) in [6.07, 6.45) is -3.36. The Balaban J connectivity index is 2.98. The van der Waals surface area contributed by atoms with E-state index in [1.54, 1.807) is 13.8 Å². The number of hydrogen-bond donors (Lipinski definition) is 2. The number of fused-ring (bicyclic) bond motifs is 1. The molecule has 144 valence electrons. The molecule has 0 spiro atoms. The summed E-state index contributed by atoms with van der Waals surface area (Å²) in [4.78, 5) is 25.8. The van der Waals surface area contributed by atoms with E-state index in [0.717, 1.165) is 7.11 Å². The molecule has 26 heavy (non-hydrogen) atoms. The van der Waals surface area contributed by atoms with Gasteiger partial charge in [0.1, 0.15) is 18.0 Å². The summed E-state index contributed by atoms with van der Waals surface area (Å²) < 4.78 is 20.8. The summed E-state index contributed by atoms with van der Waals surface area (Å²) in [5.41, 5.74) is -1.47. The third kappa shape index (κ3) is 2.36. The number of carbonyl (C=O) groups excluding carboxylic acids is 2. The maximum atomic E-state index is 13.4. The Morgan fingerprint density at radius 1 is 1.04 bits per heavy atom. The van der Waals surface area contributed by atoms with Gasteiger partial charge in [-0.2, -0.15) is 0 Å². The molecule has 1 aromatic rings. The van der Waals surface area contributed by atoms with E-state index in [1.807, 2.05) is 0 Å². The lowest BCUT2D eigenvalue weighted by atomic mass is 9.65. The van der Waals surface area contributed by atoms with Gasteiger partial charge in [-0.1, -0.05) is 6.92 Å². The minimum absolute atomic E-state index is 0.0206. The summed E-state index contributed by atoms with van der Waals surface area (Å²) in [6.45, 7) is 3.23. The Hall–Kier alpha value is -2.32.